The fourth-order valence-electron chi connectivity index (χ4n) is 3.96. The average Bonchev–Trinajstić information content (AvgIpc) is 3.32. The highest BCUT2D eigenvalue weighted by molar-refractivity contribution is 7.89. The van der Waals surface area contributed by atoms with E-state index in [2.05, 4.69) is 37.8 Å². The minimum absolute atomic E-state index is 0.180. The van der Waals surface area contributed by atoms with E-state index in [-0.39, 0.29) is 10.8 Å². The van der Waals surface area contributed by atoms with Crippen LogP contribution in [-0.2, 0) is 16.4 Å². The third-order valence-corrected chi connectivity index (χ3v) is 9.41. The number of unbranched alkanes of at least 4 members (excludes halogenated alkanes) is 1. The maximum atomic E-state index is 13.7. The van der Waals surface area contributed by atoms with Gasteiger partial charge in [-0.05, 0) is 67.9 Å². The molecule has 0 bridgehead atoms. The molecule has 0 N–H and O–H groups in total. The molecular weight excluding hydrogens is 492 g/mol. The SMILES string of the molecule is CCCCN(C)S(=O)(=O)c1ccc(C(=O)N(CCN(CC)CC)c2nc3ccc(CC)cc3s2)cc1. The monoisotopic (exact) mass is 530 g/mol. The minimum Gasteiger partial charge on any atom is -0.302 e. The van der Waals surface area contributed by atoms with Crippen LogP contribution in [0.4, 0.5) is 5.13 Å². The van der Waals surface area contributed by atoms with Gasteiger partial charge in [-0.25, -0.2) is 17.7 Å². The Hall–Kier alpha value is -2.33. The van der Waals surface area contributed by atoms with E-state index < -0.39 is 10.0 Å². The molecule has 0 saturated heterocycles. The van der Waals surface area contributed by atoms with E-state index in [0.717, 1.165) is 49.1 Å². The van der Waals surface area contributed by atoms with Gasteiger partial charge in [0.05, 0.1) is 15.1 Å². The van der Waals surface area contributed by atoms with Gasteiger partial charge in [0.2, 0.25) is 10.0 Å². The molecule has 0 spiro atoms. The standard InChI is InChI=1S/C27H38N4O3S2/c1-6-10-17-29(5)36(33,34)23-14-12-22(13-15-23)26(32)31(19-18-30(8-3)9-4)27-28-24-16-11-21(7-2)20-25(24)35-27/h11-16,20H,6-10,17-19H2,1-5H3. The van der Waals surface area contributed by atoms with Crippen LogP contribution in [0.5, 0.6) is 0 Å². The Kier molecular flexibility index (Phi) is 10.0. The minimum atomic E-state index is -3.59. The molecule has 0 radical (unpaired) electrons. The summed E-state index contributed by atoms with van der Waals surface area (Å²) < 4.78 is 28.2. The Morgan fingerprint density at radius 1 is 0.944 bits per heavy atom. The van der Waals surface area contributed by atoms with Gasteiger partial charge in [0.15, 0.2) is 5.13 Å². The summed E-state index contributed by atoms with van der Waals surface area (Å²) in [7, 11) is -1.99. The van der Waals surface area contributed by atoms with Gasteiger partial charge in [-0.2, -0.15) is 0 Å². The predicted octanol–water partition coefficient (Wildman–Crippen LogP) is 5.27. The number of aryl methyl sites for hydroxylation is 1. The number of fused-ring (bicyclic) bond motifs is 1. The van der Waals surface area contributed by atoms with E-state index in [1.54, 1.807) is 24.1 Å². The lowest BCUT2D eigenvalue weighted by molar-refractivity contribution is 0.0983. The second kappa shape index (κ2) is 12.8. The summed E-state index contributed by atoms with van der Waals surface area (Å²) >= 11 is 1.52. The van der Waals surface area contributed by atoms with Crippen molar-refractivity contribution in [1.29, 1.82) is 0 Å². The molecule has 7 nitrogen and oxygen atoms in total. The summed E-state index contributed by atoms with van der Waals surface area (Å²) in [5.41, 5.74) is 2.56. The molecule has 3 rings (SSSR count). The number of anilines is 1. The molecule has 0 saturated carbocycles. The van der Waals surface area contributed by atoms with Crippen LogP contribution >= 0.6 is 11.3 Å². The van der Waals surface area contributed by atoms with E-state index in [4.69, 9.17) is 4.98 Å². The van der Waals surface area contributed by atoms with Crippen LogP contribution in [0.15, 0.2) is 47.4 Å². The molecule has 1 amide bonds. The maximum absolute atomic E-state index is 13.7. The Bertz CT molecular complexity index is 1250. The average molecular weight is 531 g/mol. The molecule has 36 heavy (non-hydrogen) atoms. The van der Waals surface area contributed by atoms with Gasteiger partial charge in [0, 0.05) is 32.2 Å². The third kappa shape index (κ3) is 6.51. The number of carbonyl (C=O) groups excluding carboxylic acids is 1. The number of nitrogens with zero attached hydrogens (tertiary/aromatic N) is 4. The first-order valence-electron chi connectivity index (χ1n) is 12.7. The number of rotatable bonds is 13. The molecular formula is C27H38N4O3S2. The van der Waals surface area contributed by atoms with Crippen LogP contribution in [0.1, 0.15) is 56.5 Å². The van der Waals surface area contributed by atoms with Crippen LogP contribution in [-0.4, -0.2) is 68.3 Å². The molecule has 0 aliphatic heterocycles. The summed E-state index contributed by atoms with van der Waals surface area (Å²) in [6, 6.07) is 12.5. The molecule has 196 valence electrons. The van der Waals surface area contributed by atoms with Crippen LogP contribution in [0.25, 0.3) is 10.2 Å². The smallest absolute Gasteiger partial charge is 0.260 e. The molecule has 1 aromatic heterocycles. The summed E-state index contributed by atoms with van der Waals surface area (Å²) in [5, 5.41) is 0.659. The van der Waals surface area contributed by atoms with Gasteiger partial charge < -0.3 is 4.90 Å². The highest BCUT2D eigenvalue weighted by Crippen LogP contribution is 2.31. The van der Waals surface area contributed by atoms with Crippen molar-refractivity contribution < 1.29 is 13.2 Å². The Balaban J connectivity index is 1.91. The number of amides is 1. The number of sulfonamides is 1. The first kappa shape index (κ1) is 28.2. The van der Waals surface area contributed by atoms with Crippen LogP contribution < -0.4 is 4.90 Å². The van der Waals surface area contributed by atoms with Crippen molar-refractivity contribution in [3.63, 3.8) is 0 Å². The molecule has 1 heterocycles. The van der Waals surface area contributed by atoms with Gasteiger partial charge in [-0.1, -0.05) is 51.5 Å². The molecule has 0 aliphatic carbocycles. The fourth-order valence-corrected chi connectivity index (χ4v) is 6.23. The quantitative estimate of drug-likeness (QED) is 0.301. The highest BCUT2D eigenvalue weighted by atomic mass is 32.2. The van der Waals surface area contributed by atoms with Crippen molar-refractivity contribution in [2.24, 2.45) is 0 Å². The lowest BCUT2D eigenvalue weighted by atomic mass is 10.2. The van der Waals surface area contributed by atoms with Crippen molar-refractivity contribution in [2.45, 2.75) is 51.9 Å². The van der Waals surface area contributed by atoms with Crippen LogP contribution in [0.3, 0.4) is 0 Å². The molecule has 0 atom stereocenters. The summed E-state index contributed by atoms with van der Waals surface area (Å²) in [5.74, 6) is -0.180. The number of thiazole rings is 1. The van der Waals surface area contributed by atoms with Crippen molar-refractivity contribution in [3.05, 3.63) is 53.6 Å². The summed E-state index contributed by atoms with van der Waals surface area (Å²) in [6.45, 7) is 11.9. The Morgan fingerprint density at radius 3 is 2.25 bits per heavy atom. The topological polar surface area (TPSA) is 73.8 Å². The van der Waals surface area contributed by atoms with Gasteiger partial charge in [0.25, 0.3) is 5.91 Å². The Morgan fingerprint density at radius 2 is 1.64 bits per heavy atom. The van der Waals surface area contributed by atoms with E-state index in [1.807, 2.05) is 13.0 Å². The van der Waals surface area contributed by atoms with Gasteiger partial charge in [0.1, 0.15) is 0 Å². The van der Waals surface area contributed by atoms with Crippen LogP contribution in [0, 0.1) is 0 Å². The zero-order valence-corrected chi connectivity index (χ0v) is 23.7. The van der Waals surface area contributed by atoms with Gasteiger partial charge in [-0.3, -0.25) is 9.69 Å². The highest BCUT2D eigenvalue weighted by Gasteiger charge is 2.24. The summed E-state index contributed by atoms with van der Waals surface area (Å²) in [6.07, 6.45) is 2.66. The summed E-state index contributed by atoms with van der Waals surface area (Å²) in [4.78, 5) is 22.7. The zero-order chi connectivity index (χ0) is 26.3. The van der Waals surface area contributed by atoms with Crippen molar-refractivity contribution >= 4 is 42.6 Å². The molecule has 3 aromatic rings. The largest absolute Gasteiger partial charge is 0.302 e. The third-order valence-electron chi connectivity index (χ3n) is 6.50. The first-order chi connectivity index (χ1) is 17.2. The van der Waals surface area contributed by atoms with Crippen molar-refractivity contribution in [3.8, 4) is 0 Å². The normalized spacial score (nSPS) is 12.1. The lowest BCUT2D eigenvalue weighted by Gasteiger charge is -2.25. The lowest BCUT2D eigenvalue weighted by Crippen LogP contribution is -2.38. The maximum Gasteiger partial charge on any atom is 0.260 e. The number of carbonyl (C=O) groups is 1. The van der Waals surface area contributed by atoms with Gasteiger partial charge in [-0.15, -0.1) is 0 Å². The number of benzene rings is 2. The van der Waals surface area contributed by atoms with Crippen molar-refractivity contribution in [1.82, 2.24) is 14.2 Å². The molecule has 0 aliphatic rings. The fraction of sp³-hybridized carbons (Fsp3) is 0.481. The second-order valence-electron chi connectivity index (χ2n) is 8.84. The zero-order valence-electron chi connectivity index (χ0n) is 22.0. The van der Waals surface area contributed by atoms with E-state index in [1.165, 1.54) is 33.3 Å². The first-order valence-corrected chi connectivity index (χ1v) is 15.0. The van der Waals surface area contributed by atoms with Crippen LogP contribution in [0.2, 0.25) is 0 Å². The number of aromatic nitrogens is 1. The second-order valence-corrected chi connectivity index (χ2v) is 11.9. The number of hydrogen-bond acceptors (Lipinski definition) is 6. The molecule has 0 unspecified atom stereocenters. The van der Waals surface area contributed by atoms with E-state index in [9.17, 15) is 13.2 Å². The van der Waals surface area contributed by atoms with E-state index in [0.29, 0.717) is 23.8 Å². The Labute approximate surface area is 219 Å². The molecule has 2 aromatic carbocycles. The van der Waals surface area contributed by atoms with Crippen molar-refractivity contribution in [2.75, 3.05) is 44.7 Å². The number of hydrogen-bond donors (Lipinski definition) is 0. The number of likely N-dealkylation sites (N-methyl/N-ethyl adjacent to an activating group) is 1. The van der Waals surface area contributed by atoms with Gasteiger partial charge >= 0.3 is 0 Å². The van der Waals surface area contributed by atoms with E-state index >= 15 is 0 Å². The molecule has 9 heteroatoms. The molecule has 0 fully saturated rings. The predicted molar refractivity (Wildman–Crippen MR) is 150 cm³/mol.